The van der Waals surface area contributed by atoms with E-state index in [0.29, 0.717) is 5.76 Å². The minimum atomic E-state index is -0.633. The van der Waals surface area contributed by atoms with Crippen molar-refractivity contribution in [3.8, 4) is 5.75 Å². The van der Waals surface area contributed by atoms with Crippen LogP contribution in [0.3, 0.4) is 0 Å². The number of ether oxygens (including phenoxy) is 1. The van der Waals surface area contributed by atoms with Crippen molar-refractivity contribution in [1.29, 1.82) is 0 Å². The summed E-state index contributed by atoms with van der Waals surface area (Å²) in [6, 6.07) is 14.6. The number of rotatable bonds is 4. The lowest BCUT2D eigenvalue weighted by Crippen LogP contribution is -2.14. The number of carbonyl (C=O) groups is 1. The Kier molecular flexibility index (Phi) is 4.57. The Hall–Kier alpha value is -3.08. The molecule has 0 spiro atoms. The quantitative estimate of drug-likeness (QED) is 0.737. The average molecular weight is 338 g/mol. The lowest BCUT2D eigenvalue weighted by Gasteiger charge is -2.19. The molecular formula is C20H18O5. The highest BCUT2D eigenvalue weighted by atomic mass is 16.5. The standard InChI is InChI=1S/C20H18O5/c1-12-10-17(21)19(23)20(25-12)16(11-18(22)24-2)15-9-5-7-13-6-3-4-8-14(13)15/h3-10,16,23H,11H2,1-2H3/t16-/m0/s1. The molecule has 1 heterocycles. The molecule has 1 N–H and O–H groups in total. The molecule has 3 aromatic rings. The molecule has 0 amide bonds. The largest absolute Gasteiger partial charge is 0.502 e. The summed E-state index contributed by atoms with van der Waals surface area (Å²) in [6.07, 6.45) is -0.0511. The van der Waals surface area contributed by atoms with Gasteiger partial charge in [0.2, 0.25) is 11.2 Å². The summed E-state index contributed by atoms with van der Waals surface area (Å²) >= 11 is 0. The van der Waals surface area contributed by atoms with Crippen LogP contribution in [0.2, 0.25) is 0 Å². The molecule has 2 aromatic carbocycles. The second-order valence-corrected chi connectivity index (χ2v) is 5.84. The van der Waals surface area contributed by atoms with E-state index in [2.05, 4.69) is 0 Å². The summed E-state index contributed by atoms with van der Waals surface area (Å²) < 4.78 is 10.4. The Balaban J connectivity index is 2.26. The molecule has 0 bridgehead atoms. The van der Waals surface area contributed by atoms with Gasteiger partial charge in [-0.25, -0.2) is 0 Å². The van der Waals surface area contributed by atoms with Crippen molar-refractivity contribution in [2.45, 2.75) is 19.3 Å². The first-order valence-electron chi connectivity index (χ1n) is 7.89. The molecule has 128 valence electrons. The lowest BCUT2D eigenvalue weighted by atomic mass is 9.88. The van der Waals surface area contributed by atoms with Crippen LogP contribution < -0.4 is 5.43 Å². The number of esters is 1. The topological polar surface area (TPSA) is 76.7 Å². The van der Waals surface area contributed by atoms with Crippen LogP contribution in [0.15, 0.2) is 57.7 Å². The fraction of sp³-hybridized carbons (Fsp3) is 0.200. The number of hydrogen-bond donors (Lipinski definition) is 1. The van der Waals surface area contributed by atoms with E-state index in [0.717, 1.165) is 16.3 Å². The van der Waals surface area contributed by atoms with E-state index in [4.69, 9.17) is 9.15 Å². The molecule has 0 aliphatic carbocycles. The predicted molar refractivity (Wildman–Crippen MR) is 93.8 cm³/mol. The molecule has 5 nitrogen and oxygen atoms in total. The second kappa shape index (κ2) is 6.81. The van der Waals surface area contributed by atoms with Crippen molar-refractivity contribution in [3.05, 3.63) is 75.8 Å². The first-order chi connectivity index (χ1) is 12.0. The van der Waals surface area contributed by atoms with E-state index in [9.17, 15) is 14.7 Å². The van der Waals surface area contributed by atoms with Crippen LogP contribution in [0, 0.1) is 6.92 Å². The van der Waals surface area contributed by atoms with Gasteiger partial charge in [0.15, 0.2) is 5.76 Å². The summed E-state index contributed by atoms with van der Waals surface area (Å²) in [7, 11) is 1.30. The van der Waals surface area contributed by atoms with Crippen molar-refractivity contribution in [2.24, 2.45) is 0 Å². The number of carbonyl (C=O) groups excluding carboxylic acids is 1. The van der Waals surface area contributed by atoms with E-state index in [1.54, 1.807) is 6.92 Å². The minimum Gasteiger partial charge on any atom is -0.502 e. The number of methoxy groups -OCH3 is 1. The van der Waals surface area contributed by atoms with Crippen molar-refractivity contribution in [2.75, 3.05) is 7.11 Å². The number of aromatic hydroxyl groups is 1. The molecule has 1 aromatic heterocycles. The third-order valence-corrected chi connectivity index (χ3v) is 4.19. The van der Waals surface area contributed by atoms with E-state index >= 15 is 0 Å². The molecule has 0 saturated carbocycles. The van der Waals surface area contributed by atoms with Crippen LogP contribution in [0.25, 0.3) is 10.8 Å². The van der Waals surface area contributed by atoms with E-state index in [1.807, 2.05) is 42.5 Å². The van der Waals surface area contributed by atoms with Crippen LogP contribution in [0.5, 0.6) is 5.75 Å². The van der Waals surface area contributed by atoms with Gasteiger partial charge in [-0.3, -0.25) is 9.59 Å². The zero-order valence-electron chi connectivity index (χ0n) is 14.0. The first kappa shape index (κ1) is 16.8. The third-order valence-electron chi connectivity index (χ3n) is 4.19. The zero-order valence-corrected chi connectivity index (χ0v) is 14.0. The maximum Gasteiger partial charge on any atom is 0.306 e. The minimum absolute atomic E-state index is 0.0511. The molecule has 0 saturated heterocycles. The Morgan fingerprint density at radius 3 is 2.68 bits per heavy atom. The van der Waals surface area contributed by atoms with Crippen LogP contribution in [-0.4, -0.2) is 18.2 Å². The third kappa shape index (κ3) is 3.26. The molecule has 0 unspecified atom stereocenters. The number of benzene rings is 2. The van der Waals surface area contributed by atoms with Crippen LogP contribution in [0.4, 0.5) is 0 Å². The Labute approximate surface area is 144 Å². The van der Waals surface area contributed by atoms with Crippen molar-refractivity contribution in [3.63, 3.8) is 0 Å². The maximum absolute atomic E-state index is 12.0. The average Bonchev–Trinajstić information content (AvgIpc) is 2.62. The zero-order chi connectivity index (χ0) is 18.0. The van der Waals surface area contributed by atoms with E-state index in [1.165, 1.54) is 13.2 Å². The maximum atomic E-state index is 12.0. The SMILES string of the molecule is COC(=O)C[C@H](c1oc(C)cc(=O)c1O)c1cccc2ccccc12. The van der Waals surface area contributed by atoms with Crippen molar-refractivity contribution in [1.82, 2.24) is 0 Å². The summed E-state index contributed by atoms with van der Waals surface area (Å²) in [5.74, 6) is -1.13. The molecule has 1 atom stereocenters. The van der Waals surface area contributed by atoms with Crippen molar-refractivity contribution < 1.29 is 19.1 Å². The monoisotopic (exact) mass is 338 g/mol. The molecule has 0 fully saturated rings. The molecule has 3 rings (SSSR count). The first-order valence-corrected chi connectivity index (χ1v) is 7.89. The summed E-state index contributed by atoms with van der Waals surface area (Å²) in [5, 5.41) is 12.2. The van der Waals surface area contributed by atoms with Gasteiger partial charge in [0.1, 0.15) is 5.76 Å². The lowest BCUT2D eigenvalue weighted by molar-refractivity contribution is -0.140. The summed E-state index contributed by atoms with van der Waals surface area (Å²) in [6.45, 7) is 1.63. The Bertz CT molecular complexity index is 982. The normalized spacial score (nSPS) is 12.1. The van der Waals surface area contributed by atoms with Crippen molar-refractivity contribution >= 4 is 16.7 Å². The highest BCUT2D eigenvalue weighted by molar-refractivity contribution is 5.87. The smallest absolute Gasteiger partial charge is 0.306 e. The Morgan fingerprint density at radius 1 is 1.20 bits per heavy atom. The predicted octanol–water partition coefficient (Wildman–Crippen LogP) is 3.50. The number of hydrogen-bond acceptors (Lipinski definition) is 5. The molecule has 5 heteroatoms. The van der Waals surface area contributed by atoms with Gasteiger partial charge in [0.05, 0.1) is 19.4 Å². The van der Waals surface area contributed by atoms with Gasteiger partial charge in [-0.05, 0) is 23.3 Å². The number of fused-ring (bicyclic) bond motifs is 1. The summed E-state index contributed by atoms with van der Waals surface area (Å²) in [5.41, 5.74) is 0.251. The molecule has 0 aliphatic rings. The fourth-order valence-corrected chi connectivity index (χ4v) is 3.01. The van der Waals surface area contributed by atoms with Gasteiger partial charge in [-0.2, -0.15) is 0 Å². The van der Waals surface area contributed by atoms with Gasteiger partial charge < -0.3 is 14.3 Å². The fourth-order valence-electron chi connectivity index (χ4n) is 3.01. The molecular weight excluding hydrogens is 320 g/mol. The van der Waals surface area contributed by atoms with E-state index < -0.39 is 23.1 Å². The van der Waals surface area contributed by atoms with E-state index in [-0.39, 0.29) is 12.2 Å². The number of aryl methyl sites for hydroxylation is 1. The van der Waals surface area contributed by atoms with Gasteiger partial charge in [-0.15, -0.1) is 0 Å². The van der Waals surface area contributed by atoms with Gasteiger partial charge in [0.25, 0.3) is 0 Å². The van der Waals surface area contributed by atoms with Crippen LogP contribution in [0.1, 0.15) is 29.4 Å². The highest BCUT2D eigenvalue weighted by Gasteiger charge is 2.27. The van der Waals surface area contributed by atoms with Crippen LogP contribution >= 0.6 is 0 Å². The summed E-state index contributed by atoms with van der Waals surface area (Å²) in [4.78, 5) is 24.0. The highest BCUT2D eigenvalue weighted by Crippen LogP contribution is 2.36. The molecule has 25 heavy (non-hydrogen) atoms. The van der Waals surface area contributed by atoms with Gasteiger partial charge in [0, 0.05) is 6.07 Å². The van der Waals surface area contributed by atoms with Gasteiger partial charge in [-0.1, -0.05) is 42.5 Å². The molecule has 0 aliphatic heterocycles. The van der Waals surface area contributed by atoms with Crippen LogP contribution in [-0.2, 0) is 9.53 Å². The Morgan fingerprint density at radius 2 is 1.92 bits per heavy atom. The second-order valence-electron chi connectivity index (χ2n) is 5.84. The van der Waals surface area contributed by atoms with Gasteiger partial charge >= 0.3 is 5.97 Å². The molecule has 0 radical (unpaired) electrons.